The number of rotatable bonds is 8. The van der Waals surface area contributed by atoms with E-state index in [9.17, 15) is 9.18 Å². The monoisotopic (exact) mass is 498 g/mol. The molecule has 0 aliphatic carbocycles. The molecule has 1 amide bonds. The Morgan fingerprint density at radius 2 is 1.50 bits per heavy atom. The second-order valence-electron chi connectivity index (χ2n) is 6.05. The molecule has 7 heteroatoms. The molecule has 3 N–H and O–H groups in total. The Balaban J connectivity index is 0.00000392. The second kappa shape index (κ2) is 13.1. The number of carbonyl (C=O) groups is 1. The molecule has 2 aromatic carbocycles. The zero-order valence-corrected chi connectivity index (χ0v) is 18.6. The summed E-state index contributed by atoms with van der Waals surface area (Å²) in [4.78, 5) is 16.4. The van der Waals surface area contributed by atoms with Crippen LogP contribution in [0.5, 0.6) is 0 Å². The first kappa shape index (κ1) is 23.9. The van der Waals surface area contributed by atoms with Gasteiger partial charge >= 0.3 is 0 Å². The molecule has 0 spiro atoms. The van der Waals surface area contributed by atoms with Crippen molar-refractivity contribution in [3.63, 3.8) is 0 Å². The van der Waals surface area contributed by atoms with E-state index in [1.807, 2.05) is 38.1 Å². The number of hydrogen-bond donors (Lipinski definition) is 3. The zero-order valence-electron chi connectivity index (χ0n) is 16.3. The molecular weight excluding hydrogens is 470 g/mol. The van der Waals surface area contributed by atoms with Crippen LogP contribution in [0.25, 0.3) is 0 Å². The van der Waals surface area contributed by atoms with Gasteiger partial charge in [-0.15, -0.1) is 24.0 Å². The van der Waals surface area contributed by atoms with Crippen molar-refractivity contribution in [2.24, 2.45) is 4.99 Å². The molecule has 0 saturated carbocycles. The normalized spacial score (nSPS) is 10.8. The van der Waals surface area contributed by atoms with Crippen LogP contribution in [0, 0.1) is 5.82 Å². The summed E-state index contributed by atoms with van der Waals surface area (Å²) in [7, 11) is 0. The molecule has 0 bridgehead atoms. The van der Waals surface area contributed by atoms with Gasteiger partial charge in [-0.25, -0.2) is 9.38 Å². The Morgan fingerprint density at radius 1 is 0.893 bits per heavy atom. The lowest BCUT2D eigenvalue weighted by Gasteiger charge is -2.11. The average Bonchev–Trinajstić information content (AvgIpc) is 2.68. The number of aliphatic imine (C=N–C) groups is 1. The lowest BCUT2D eigenvalue weighted by Crippen LogP contribution is -2.38. The highest BCUT2D eigenvalue weighted by molar-refractivity contribution is 14.0. The van der Waals surface area contributed by atoms with Crippen LogP contribution in [0.1, 0.15) is 35.3 Å². The van der Waals surface area contributed by atoms with E-state index < -0.39 is 0 Å². The van der Waals surface area contributed by atoms with Gasteiger partial charge in [0.15, 0.2) is 5.96 Å². The SMILES string of the molecule is CCNC(=O)c1ccc(CN=C(NCC)NCCc2ccc(F)cc2)cc1.I. The van der Waals surface area contributed by atoms with E-state index in [0.29, 0.717) is 25.2 Å². The molecule has 152 valence electrons. The van der Waals surface area contributed by atoms with Crippen molar-refractivity contribution in [1.82, 2.24) is 16.0 Å². The third kappa shape index (κ3) is 8.24. The fourth-order valence-electron chi connectivity index (χ4n) is 2.51. The molecule has 0 saturated heterocycles. The number of nitrogens with zero attached hydrogens (tertiary/aromatic N) is 1. The van der Waals surface area contributed by atoms with Crippen molar-refractivity contribution in [1.29, 1.82) is 0 Å². The molecule has 0 unspecified atom stereocenters. The van der Waals surface area contributed by atoms with E-state index in [0.717, 1.165) is 30.1 Å². The molecule has 28 heavy (non-hydrogen) atoms. The Morgan fingerprint density at radius 3 is 2.11 bits per heavy atom. The first-order chi connectivity index (χ1) is 13.1. The highest BCUT2D eigenvalue weighted by Crippen LogP contribution is 2.06. The van der Waals surface area contributed by atoms with Gasteiger partial charge in [-0.2, -0.15) is 0 Å². The molecule has 5 nitrogen and oxygen atoms in total. The minimum absolute atomic E-state index is 0. The summed E-state index contributed by atoms with van der Waals surface area (Å²) in [5.41, 5.74) is 2.74. The number of guanidine groups is 1. The third-order valence-corrected chi connectivity index (χ3v) is 3.94. The molecular formula is C21H28FIN4O. The zero-order chi connectivity index (χ0) is 19.5. The topological polar surface area (TPSA) is 65.5 Å². The van der Waals surface area contributed by atoms with Gasteiger partial charge in [0, 0.05) is 25.2 Å². The maximum atomic E-state index is 12.9. The van der Waals surface area contributed by atoms with Crippen molar-refractivity contribution in [2.45, 2.75) is 26.8 Å². The smallest absolute Gasteiger partial charge is 0.251 e. The van der Waals surface area contributed by atoms with Gasteiger partial charge in [0.2, 0.25) is 0 Å². The number of amides is 1. The molecule has 0 aromatic heterocycles. The molecule has 0 aliphatic heterocycles. The molecule has 0 heterocycles. The predicted molar refractivity (Wildman–Crippen MR) is 123 cm³/mol. The van der Waals surface area contributed by atoms with E-state index in [4.69, 9.17) is 0 Å². The highest BCUT2D eigenvalue weighted by Gasteiger charge is 2.04. The van der Waals surface area contributed by atoms with Crippen LogP contribution in [0.3, 0.4) is 0 Å². The highest BCUT2D eigenvalue weighted by atomic mass is 127. The van der Waals surface area contributed by atoms with Crippen molar-refractivity contribution < 1.29 is 9.18 Å². The molecule has 0 aliphatic rings. The summed E-state index contributed by atoms with van der Waals surface area (Å²) in [6, 6.07) is 14.0. The largest absolute Gasteiger partial charge is 0.357 e. The fraction of sp³-hybridized carbons (Fsp3) is 0.333. The lowest BCUT2D eigenvalue weighted by atomic mass is 10.1. The summed E-state index contributed by atoms with van der Waals surface area (Å²) in [5, 5.41) is 9.27. The quantitative estimate of drug-likeness (QED) is 0.297. The Hall–Kier alpha value is -2.16. The second-order valence-corrected chi connectivity index (χ2v) is 6.05. The standard InChI is InChI=1S/C21H27FN4O.HI/c1-3-23-20(27)18-9-5-17(6-10-18)15-26-21(24-4-2)25-14-13-16-7-11-19(22)12-8-16;/h5-12H,3-4,13-15H2,1-2H3,(H,23,27)(H2,24,25,26);1H. The number of halogens is 2. The van der Waals surface area contributed by atoms with Gasteiger partial charge in [0.1, 0.15) is 5.82 Å². The number of nitrogens with one attached hydrogen (secondary N) is 3. The van der Waals surface area contributed by atoms with E-state index in [1.54, 1.807) is 12.1 Å². The van der Waals surface area contributed by atoms with E-state index in [-0.39, 0.29) is 35.7 Å². The first-order valence-electron chi connectivity index (χ1n) is 9.26. The Bertz CT molecular complexity index is 748. The summed E-state index contributed by atoms with van der Waals surface area (Å²) >= 11 is 0. The van der Waals surface area contributed by atoms with E-state index in [2.05, 4.69) is 20.9 Å². The third-order valence-electron chi connectivity index (χ3n) is 3.94. The van der Waals surface area contributed by atoms with Crippen LogP contribution < -0.4 is 16.0 Å². The summed E-state index contributed by atoms with van der Waals surface area (Å²) in [6.45, 7) is 6.50. The van der Waals surface area contributed by atoms with Crippen molar-refractivity contribution in [2.75, 3.05) is 19.6 Å². The summed E-state index contributed by atoms with van der Waals surface area (Å²) in [6.07, 6.45) is 0.784. The average molecular weight is 498 g/mol. The molecule has 0 radical (unpaired) electrons. The Kier molecular flexibility index (Phi) is 11.2. The van der Waals surface area contributed by atoms with Crippen molar-refractivity contribution >= 4 is 35.8 Å². The van der Waals surface area contributed by atoms with Crippen LogP contribution in [-0.4, -0.2) is 31.5 Å². The minimum Gasteiger partial charge on any atom is -0.357 e. The van der Waals surface area contributed by atoms with Crippen LogP contribution in [-0.2, 0) is 13.0 Å². The van der Waals surface area contributed by atoms with E-state index >= 15 is 0 Å². The number of carbonyl (C=O) groups excluding carboxylic acids is 1. The van der Waals surface area contributed by atoms with Crippen molar-refractivity contribution in [3.8, 4) is 0 Å². The maximum absolute atomic E-state index is 12.9. The molecule has 0 fully saturated rings. The van der Waals surface area contributed by atoms with Crippen LogP contribution in [0.4, 0.5) is 4.39 Å². The van der Waals surface area contributed by atoms with Gasteiger partial charge in [-0.1, -0.05) is 24.3 Å². The number of benzene rings is 2. The maximum Gasteiger partial charge on any atom is 0.251 e. The van der Waals surface area contributed by atoms with E-state index in [1.165, 1.54) is 12.1 Å². The minimum atomic E-state index is -0.222. The predicted octanol–water partition coefficient (Wildman–Crippen LogP) is 3.49. The fourth-order valence-corrected chi connectivity index (χ4v) is 2.51. The molecule has 2 aromatic rings. The van der Waals surface area contributed by atoms with Crippen LogP contribution in [0.15, 0.2) is 53.5 Å². The first-order valence-corrected chi connectivity index (χ1v) is 9.26. The summed E-state index contributed by atoms with van der Waals surface area (Å²) in [5.74, 6) is 0.440. The van der Waals surface area contributed by atoms with Gasteiger partial charge < -0.3 is 16.0 Å². The van der Waals surface area contributed by atoms with Crippen LogP contribution in [0.2, 0.25) is 0 Å². The number of hydrogen-bond acceptors (Lipinski definition) is 2. The van der Waals surface area contributed by atoms with Gasteiger partial charge in [-0.3, -0.25) is 4.79 Å². The van der Waals surface area contributed by atoms with Crippen molar-refractivity contribution in [3.05, 3.63) is 71.0 Å². The molecule has 2 rings (SSSR count). The van der Waals surface area contributed by atoms with Gasteiger partial charge in [0.25, 0.3) is 5.91 Å². The van der Waals surface area contributed by atoms with Crippen LogP contribution >= 0.6 is 24.0 Å². The van der Waals surface area contributed by atoms with Gasteiger partial charge in [-0.05, 0) is 55.7 Å². The summed E-state index contributed by atoms with van der Waals surface area (Å²) < 4.78 is 12.9. The Labute approximate surface area is 183 Å². The lowest BCUT2D eigenvalue weighted by molar-refractivity contribution is 0.0956. The van der Waals surface area contributed by atoms with Gasteiger partial charge in [0.05, 0.1) is 6.54 Å². The molecule has 0 atom stereocenters.